The van der Waals surface area contributed by atoms with Crippen LogP contribution in [0.2, 0.25) is 5.02 Å². The number of urea groups is 1. The van der Waals surface area contributed by atoms with Crippen molar-refractivity contribution in [1.82, 2.24) is 10.3 Å². The van der Waals surface area contributed by atoms with Gasteiger partial charge in [0.25, 0.3) is 5.91 Å². The van der Waals surface area contributed by atoms with Crippen molar-refractivity contribution in [1.29, 1.82) is 0 Å². The molecule has 1 aliphatic rings. The average Bonchev–Trinajstić information content (AvgIpc) is 3.00. The van der Waals surface area contributed by atoms with Crippen LogP contribution in [0.4, 0.5) is 4.79 Å². The number of hydrazone groups is 1. The Morgan fingerprint density at radius 2 is 1.88 bits per heavy atom. The van der Waals surface area contributed by atoms with E-state index in [9.17, 15) is 9.59 Å². The van der Waals surface area contributed by atoms with Crippen molar-refractivity contribution in [2.75, 3.05) is 20.3 Å². The quantitative estimate of drug-likeness (QED) is 0.445. The van der Waals surface area contributed by atoms with Crippen LogP contribution in [0.5, 0.6) is 17.2 Å². The van der Waals surface area contributed by atoms with Gasteiger partial charge in [0, 0.05) is 0 Å². The highest BCUT2D eigenvalue weighted by molar-refractivity contribution is 6.32. The lowest BCUT2D eigenvalue weighted by atomic mass is 9.92. The molecule has 8 nitrogen and oxygen atoms in total. The summed E-state index contributed by atoms with van der Waals surface area (Å²) in [5, 5.41) is 7.98. The third-order valence-corrected chi connectivity index (χ3v) is 5.22. The maximum atomic E-state index is 13.0. The van der Waals surface area contributed by atoms with E-state index in [1.807, 2.05) is 13.8 Å². The molecule has 0 radical (unpaired) electrons. The van der Waals surface area contributed by atoms with Crippen molar-refractivity contribution in [2.45, 2.75) is 32.7 Å². The summed E-state index contributed by atoms with van der Waals surface area (Å²) in [4.78, 5) is 25.6. The molecule has 0 bridgehead atoms. The number of methoxy groups -OCH3 is 1. The minimum atomic E-state index is -1.24. The number of halogens is 1. The summed E-state index contributed by atoms with van der Waals surface area (Å²) in [6, 6.07) is 9.63. The fourth-order valence-electron chi connectivity index (χ4n) is 3.24. The maximum absolute atomic E-state index is 13.0. The molecule has 1 unspecified atom stereocenters. The largest absolute Gasteiger partial charge is 0.497 e. The van der Waals surface area contributed by atoms with Gasteiger partial charge in [0.05, 0.1) is 31.6 Å². The number of benzene rings is 2. The molecule has 170 valence electrons. The minimum absolute atomic E-state index is 0.353. The second-order valence-corrected chi connectivity index (χ2v) is 7.66. The Kier molecular flexibility index (Phi) is 7.25. The third-order valence-electron chi connectivity index (χ3n) is 4.94. The molecular weight excluding hydrogens is 434 g/mol. The summed E-state index contributed by atoms with van der Waals surface area (Å²) < 4.78 is 16.5. The van der Waals surface area contributed by atoms with Gasteiger partial charge in [0.2, 0.25) is 0 Å². The van der Waals surface area contributed by atoms with Crippen LogP contribution in [0.15, 0.2) is 41.5 Å². The zero-order valence-corrected chi connectivity index (χ0v) is 19.2. The molecule has 2 aromatic rings. The summed E-state index contributed by atoms with van der Waals surface area (Å²) in [5.41, 5.74) is -0.0680. The van der Waals surface area contributed by atoms with E-state index in [2.05, 4.69) is 10.4 Å². The van der Waals surface area contributed by atoms with E-state index >= 15 is 0 Å². The first kappa shape index (κ1) is 23.4. The number of hydrogen-bond acceptors (Lipinski definition) is 6. The van der Waals surface area contributed by atoms with Crippen LogP contribution < -0.4 is 19.5 Å². The second-order valence-electron chi connectivity index (χ2n) is 7.26. The van der Waals surface area contributed by atoms with Gasteiger partial charge < -0.3 is 19.5 Å². The lowest BCUT2D eigenvalue weighted by Gasteiger charge is -2.21. The van der Waals surface area contributed by atoms with Crippen molar-refractivity contribution in [2.24, 2.45) is 5.10 Å². The van der Waals surface area contributed by atoms with Gasteiger partial charge in [-0.3, -0.25) is 4.79 Å². The lowest BCUT2D eigenvalue weighted by Crippen LogP contribution is -2.40. The number of ether oxygens (including phenoxy) is 3. The smallest absolute Gasteiger partial charge is 0.346 e. The van der Waals surface area contributed by atoms with Gasteiger partial charge in [-0.15, -0.1) is 5.01 Å². The number of rotatable bonds is 9. The van der Waals surface area contributed by atoms with Crippen LogP contribution in [0.25, 0.3) is 0 Å². The highest BCUT2D eigenvalue weighted by atomic mass is 35.5. The van der Waals surface area contributed by atoms with Crippen molar-refractivity contribution in [3.05, 3.63) is 52.5 Å². The van der Waals surface area contributed by atoms with Gasteiger partial charge in [-0.25, -0.2) is 4.79 Å². The molecule has 0 saturated carbocycles. The Balaban J connectivity index is 1.85. The SMILES string of the molecule is CCCOc1c(Cl)cc(/C=N/N2C(=O)NC(C)(c3ccc(OC)cc3)C2=O)cc1OCC. The molecule has 2 aromatic carbocycles. The van der Waals surface area contributed by atoms with Gasteiger partial charge in [-0.1, -0.05) is 30.7 Å². The van der Waals surface area contributed by atoms with Crippen LogP contribution in [-0.4, -0.2) is 43.5 Å². The Morgan fingerprint density at radius 3 is 2.50 bits per heavy atom. The molecule has 1 aliphatic heterocycles. The normalized spacial score (nSPS) is 18.2. The number of amides is 3. The van der Waals surface area contributed by atoms with Crippen LogP contribution in [0, 0.1) is 0 Å². The van der Waals surface area contributed by atoms with Gasteiger partial charge in [-0.2, -0.15) is 5.10 Å². The third kappa shape index (κ3) is 4.65. The molecule has 3 amide bonds. The molecule has 1 saturated heterocycles. The first-order valence-electron chi connectivity index (χ1n) is 10.3. The number of nitrogens with zero attached hydrogens (tertiary/aromatic N) is 2. The molecule has 1 atom stereocenters. The zero-order chi connectivity index (χ0) is 23.3. The van der Waals surface area contributed by atoms with Gasteiger partial charge in [0.15, 0.2) is 11.5 Å². The highest BCUT2D eigenvalue weighted by Gasteiger charge is 2.49. The standard InChI is InChI=1S/C23H26ClN3O5/c1-5-11-32-20-18(24)12-15(13-19(20)31-6-2)14-25-27-21(28)23(3,26-22(27)29)16-7-9-17(30-4)10-8-16/h7-10,12-14H,5-6,11H2,1-4H3,(H,26,29)/b25-14+. The van der Waals surface area contributed by atoms with Gasteiger partial charge >= 0.3 is 6.03 Å². The lowest BCUT2D eigenvalue weighted by molar-refractivity contribution is -0.131. The van der Waals surface area contributed by atoms with E-state index in [-0.39, 0.29) is 0 Å². The molecule has 0 aliphatic carbocycles. The first-order chi connectivity index (χ1) is 15.3. The number of hydrogen-bond donors (Lipinski definition) is 1. The van der Waals surface area contributed by atoms with Crippen LogP contribution in [-0.2, 0) is 10.3 Å². The van der Waals surface area contributed by atoms with Crippen molar-refractivity contribution >= 4 is 29.8 Å². The summed E-state index contributed by atoms with van der Waals surface area (Å²) >= 11 is 6.37. The molecule has 3 rings (SSSR count). The van der Waals surface area contributed by atoms with E-state index in [1.165, 1.54) is 6.21 Å². The van der Waals surface area contributed by atoms with Gasteiger partial charge in [0.1, 0.15) is 11.3 Å². The predicted octanol–water partition coefficient (Wildman–Crippen LogP) is 4.34. The van der Waals surface area contributed by atoms with Crippen molar-refractivity contribution in [3.63, 3.8) is 0 Å². The molecule has 1 N–H and O–H groups in total. The van der Waals surface area contributed by atoms with Crippen LogP contribution in [0.3, 0.4) is 0 Å². The highest BCUT2D eigenvalue weighted by Crippen LogP contribution is 2.36. The summed E-state index contributed by atoms with van der Waals surface area (Å²) in [6.07, 6.45) is 2.21. The minimum Gasteiger partial charge on any atom is -0.497 e. The fraction of sp³-hybridized carbons (Fsp3) is 0.348. The Morgan fingerprint density at radius 1 is 1.16 bits per heavy atom. The topological polar surface area (TPSA) is 89.5 Å². The van der Waals surface area contributed by atoms with Crippen LogP contribution >= 0.6 is 11.6 Å². The van der Waals surface area contributed by atoms with Gasteiger partial charge in [-0.05, 0) is 55.7 Å². The van der Waals surface area contributed by atoms with Crippen molar-refractivity contribution in [3.8, 4) is 17.2 Å². The number of carbonyl (C=O) groups excluding carboxylic acids is 2. The summed E-state index contributed by atoms with van der Waals surface area (Å²) in [7, 11) is 1.56. The summed E-state index contributed by atoms with van der Waals surface area (Å²) in [6.45, 7) is 6.40. The monoisotopic (exact) mass is 459 g/mol. The average molecular weight is 460 g/mol. The van der Waals surface area contributed by atoms with E-state index in [4.69, 9.17) is 25.8 Å². The second kappa shape index (κ2) is 9.91. The fourth-order valence-corrected chi connectivity index (χ4v) is 3.52. The molecule has 0 spiro atoms. The Hall–Kier alpha value is -3.26. The molecule has 0 aromatic heterocycles. The van der Waals surface area contributed by atoms with Crippen LogP contribution in [0.1, 0.15) is 38.3 Å². The number of imide groups is 1. The molecule has 1 heterocycles. The zero-order valence-electron chi connectivity index (χ0n) is 18.5. The van der Waals surface area contributed by atoms with E-state index in [0.717, 1.165) is 11.4 Å². The molecular formula is C23H26ClN3O5. The Labute approximate surface area is 192 Å². The van der Waals surface area contributed by atoms with E-state index < -0.39 is 17.5 Å². The molecule has 32 heavy (non-hydrogen) atoms. The van der Waals surface area contributed by atoms with Crippen molar-refractivity contribution < 1.29 is 23.8 Å². The van der Waals surface area contributed by atoms with E-state index in [0.29, 0.717) is 46.6 Å². The maximum Gasteiger partial charge on any atom is 0.346 e. The number of nitrogens with one attached hydrogen (secondary N) is 1. The number of carbonyl (C=O) groups is 2. The molecule has 1 fully saturated rings. The predicted molar refractivity (Wildman–Crippen MR) is 122 cm³/mol. The van der Waals surface area contributed by atoms with E-state index in [1.54, 1.807) is 50.4 Å². The molecule has 9 heteroatoms. The Bertz CT molecular complexity index is 1030. The first-order valence-corrected chi connectivity index (χ1v) is 10.7. The summed E-state index contributed by atoms with van der Waals surface area (Å²) in [5.74, 6) is 1.07.